The lowest BCUT2D eigenvalue weighted by Crippen LogP contribution is -2.17. The summed E-state index contributed by atoms with van der Waals surface area (Å²) in [6.45, 7) is 2.78. The van der Waals surface area contributed by atoms with Gasteiger partial charge in [0, 0.05) is 37.4 Å². The quantitative estimate of drug-likeness (QED) is 0.583. The molecule has 6 heteroatoms. The van der Waals surface area contributed by atoms with Gasteiger partial charge in [0.25, 0.3) is 0 Å². The second kappa shape index (κ2) is 9.16. The zero-order valence-electron chi connectivity index (χ0n) is 17.9. The van der Waals surface area contributed by atoms with E-state index in [0.29, 0.717) is 24.5 Å². The van der Waals surface area contributed by atoms with Crippen LogP contribution < -0.4 is 9.64 Å². The maximum atomic E-state index is 11.5. The number of ether oxygens (including phenoxy) is 1. The molecule has 1 aliphatic heterocycles. The third-order valence-electron chi connectivity index (χ3n) is 6.01. The predicted molar refractivity (Wildman–Crippen MR) is 120 cm³/mol. The Hall–Kier alpha value is -3.41. The zero-order chi connectivity index (χ0) is 21.8. The Bertz CT molecular complexity index is 1070. The molecule has 0 saturated heterocycles. The Morgan fingerprint density at radius 3 is 2.84 bits per heavy atom. The first kappa shape index (κ1) is 20.8. The molecule has 1 aliphatic rings. The summed E-state index contributed by atoms with van der Waals surface area (Å²) in [6.07, 6.45) is 8.54. The molecule has 0 aliphatic carbocycles. The minimum absolute atomic E-state index is 0.326. The molecule has 31 heavy (non-hydrogen) atoms. The fourth-order valence-electron chi connectivity index (χ4n) is 4.08. The minimum atomic E-state index is -0.905. The Labute approximate surface area is 182 Å². The van der Waals surface area contributed by atoms with E-state index in [1.807, 2.05) is 19.3 Å². The van der Waals surface area contributed by atoms with Crippen molar-refractivity contribution >= 4 is 17.5 Å². The molecule has 160 valence electrons. The van der Waals surface area contributed by atoms with Crippen LogP contribution in [0.25, 0.3) is 0 Å². The van der Waals surface area contributed by atoms with Crippen LogP contribution in [0.15, 0.2) is 55.0 Å². The van der Waals surface area contributed by atoms with Crippen LogP contribution in [-0.4, -0.2) is 34.7 Å². The highest BCUT2D eigenvalue weighted by molar-refractivity contribution is 5.89. The fourth-order valence-corrected chi connectivity index (χ4v) is 4.08. The topological polar surface area (TPSA) is 75.5 Å². The molecule has 3 aromatic rings. The Morgan fingerprint density at radius 2 is 2.10 bits per heavy atom. The lowest BCUT2D eigenvalue weighted by molar-refractivity contribution is 0.0695. The number of hydrogen-bond acceptors (Lipinski definition) is 5. The van der Waals surface area contributed by atoms with Gasteiger partial charge in [-0.3, -0.25) is 4.98 Å². The van der Waals surface area contributed by atoms with E-state index >= 15 is 0 Å². The normalized spacial score (nSPS) is 15.1. The maximum absolute atomic E-state index is 11.5. The summed E-state index contributed by atoms with van der Waals surface area (Å²) in [6, 6.07) is 12.0. The SMILES string of the molecule is CCc1ccc(N(C)c2ccc3c(c2)OCC[C@H]3CCc2cnccc2C(=O)O)nc1. The van der Waals surface area contributed by atoms with Crippen molar-refractivity contribution in [1.29, 1.82) is 0 Å². The van der Waals surface area contributed by atoms with Crippen LogP contribution in [0.3, 0.4) is 0 Å². The fraction of sp³-hybridized carbons (Fsp3) is 0.320. The summed E-state index contributed by atoms with van der Waals surface area (Å²) in [5.41, 5.74) is 4.53. The van der Waals surface area contributed by atoms with Gasteiger partial charge in [0.1, 0.15) is 11.6 Å². The third kappa shape index (κ3) is 4.53. The highest BCUT2D eigenvalue weighted by atomic mass is 16.5. The zero-order valence-corrected chi connectivity index (χ0v) is 17.9. The van der Waals surface area contributed by atoms with Gasteiger partial charge in [-0.2, -0.15) is 0 Å². The molecule has 0 unspecified atom stereocenters. The number of hydrogen-bond donors (Lipinski definition) is 1. The van der Waals surface area contributed by atoms with Crippen molar-refractivity contribution in [1.82, 2.24) is 9.97 Å². The van der Waals surface area contributed by atoms with Crippen LogP contribution in [0.2, 0.25) is 0 Å². The maximum Gasteiger partial charge on any atom is 0.336 e. The number of carbonyl (C=O) groups is 1. The molecule has 0 fully saturated rings. The summed E-state index contributed by atoms with van der Waals surface area (Å²) >= 11 is 0. The number of aryl methyl sites for hydroxylation is 2. The van der Waals surface area contributed by atoms with E-state index in [-0.39, 0.29) is 0 Å². The van der Waals surface area contributed by atoms with Crippen molar-refractivity contribution < 1.29 is 14.6 Å². The van der Waals surface area contributed by atoms with Crippen molar-refractivity contribution in [3.63, 3.8) is 0 Å². The first-order valence-corrected chi connectivity index (χ1v) is 10.7. The van der Waals surface area contributed by atoms with Crippen LogP contribution in [-0.2, 0) is 12.8 Å². The largest absolute Gasteiger partial charge is 0.493 e. The van der Waals surface area contributed by atoms with Gasteiger partial charge in [0.2, 0.25) is 0 Å². The third-order valence-corrected chi connectivity index (χ3v) is 6.01. The predicted octanol–water partition coefficient (Wildman–Crippen LogP) is 5.00. The molecule has 1 aromatic carbocycles. The molecule has 3 heterocycles. The van der Waals surface area contributed by atoms with Gasteiger partial charge in [0.15, 0.2) is 0 Å². The van der Waals surface area contributed by atoms with Gasteiger partial charge in [0.05, 0.1) is 12.2 Å². The molecule has 1 N–H and O–H groups in total. The second-order valence-electron chi connectivity index (χ2n) is 7.87. The average molecular weight is 418 g/mol. The van der Waals surface area contributed by atoms with Crippen molar-refractivity contribution in [2.75, 3.05) is 18.6 Å². The summed E-state index contributed by atoms with van der Waals surface area (Å²) in [5.74, 6) is 1.21. The van der Waals surface area contributed by atoms with Crippen molar-refractivity contribution in [3.8, 4) is 5.75 Å². The highest BCUT2D eigenvalue weighted by Gasteiger charge is 2.23. The number of carboxylic acids is 1. The molecule has 2 aromatic heterocycles. The number of benzene rings is 1. The Balaban J connectivity index is 1.51. The van der Waals surface area contributed by atoms with Crippen LogP contribution >= 0.6 is 0 Å². The van der Waals surface area contributed by atoms with Crippen LogP contribution in [0.1, 0.15) is 52.7 Å². The van der Waals surface area contributed by atoms with Gasteiger partial charge in [-0.25, -0.2) is 9.78 Å². The standard InChI is InChI=1S/C25H27N3O3/c1-3-17-4-9-24(27-15-17)28(2)20-7-8-21-18(11-13-31-23(21)14-20)5-6-19-16-26-12-10-22(19)25(29)30/h4,7-10,12,14-16,18H,3,5-6,11,13H2,1-2H3,(H,29,30)/t18-/m1/s1. The van der Waals surface area contributed by atoms with E-state index in [1.165, 1.54) is 17.3 Å². The first-order chi connectivity index (χ1) is 15.1. The highest BCUT2D eigenvalue weighted by Crippen LogP contribution is 2.39. The van der Waals surface area contributed by atoms with E-state index in [1.54, 1.807) is 12.3 Å². The monoisotopic (exact) mass is 417 g/mol. The Morgan fingerprint density at radius 1 is 1.23 bits per heavy atom. The van der Waals surface area contributed by atoms with Gasteiger partial charge >= 0.3 is 5.97 Å². The molecule has 1 atom stereocenters. The van der Waals surface area contributed by atoms with E-state index in [4.69, 9.17) is 4.74 Å². The molecule has 4 rings (SSSR count). The molecule has 0 spiro atoms. The van der Waals surface area contributed by atoms with Crippen molar-refractivity contribution in [2.45, 2.75) is 38.5 Å². The molecule has 0 amide bonds. The first-order valence-electron chi connectivity index (χ1n) is 10.7. The van der Waals surface area contributed by atoms with Crippen molar-refractivity contribution in [2.24, 2.45) is 0 Å². The van der Waals surface area contributed by atoms with Gasteiger partial charge < -0.3 is 14.7 Å². The summed E-state index contributed by atoms with van der Waals surface area (Å²) < 4.78 is 5.98. The summed E-state index contributed by atoms with van der Waals surface area (Å²) in [4.78, 5) is 22.2. The average Bonchev–Trinajstić information content (AvgIpc) is 2.82. The van der Waals surface area contributed by atoms with E-state index < -0.39 is 5.97 Å². The lowest BCUT2D eigenvalue weighted by atomic mass is 9.87. The van der Waals surface area contributed by atoms with Crippen LogP contribution in [0, 0.1) is 0 Å². The molecule has 6 nitrogen and oxygen atoms in total. The molecule has 0 bridgehead atoms. The molecular weight excluding hydrogens is 390 g/mol. The number of anilines is 2. The number of carboxylic acid groups (broad SMARTS) is 1. The number of rotatable bonds is 7. The summed E-state index contributed by atoms with van der Waals surface area (Å²) in [5, 5.41) is 9.41. The van der Waals surface area contributed by atoms with Crippen LogP contribution in [0.5, 0.6) is 5.75 Å². The van der Waals surface area contributed by atoms with E-state index in [9.17, 15) is 9.90 Å². The van der Waals surface area contributed by atoms with Gasteiger partial charge in [-0.15, -0.1) is 0 Å². The summed E-state index contributed by atoms with van der Waals surface area (Å²) in [7, 11) is 2.01. The van der Waals surface area contributed by atoms with Crippen LogP contribution in [0.4, 0.5) is 11.5 Å². The smallest absolute Gasteiger partial charge is 0.336 e. The molecule has 0 saturated carbocycles. The van der Waals surface area contributed by atoms with Gasteiger partial charge in [-0.1, -0.05) is 19.1 Å². The number of pyridine rings is 2. The number of fused-ring (bicyclic) bond motifs is 1. The van der Waals surface area contributed by atoms with Gasteiger partial charge in [-0.05, 0) is 66.5 Å². The minimum Gasteiger partial charge on any atom is -0.493 e. The number of aromatic carboxylic acids is 1. The molecule has 0 radical (unpaired) electrons. The molecular formula is C25H27N3O3. The second-order valence-corrected chi connectivity index (χ2v) is 7.87. The Kier molecular flexibility index (Phi) is 6.16. The number of nitrogens with zero attached hydrogens (tertiary/aromatic N) is 3. The lowest BCUT2D eigenvalue weighted by Gasteiger charge is -2.28. The van der Waals surface area contributed by atoms with Crippen molar-refractivity contribution in [3.05, 3.63) is 77.2 Å². The van der Waals surface area contributed by atoms with E-state index in [0.717, 1.165) is 42.1 Å². The van der Waals surface area contributed by atoms with E-state index in [2.05, 4.69) is 46.1 Å². The number of aromatic nitrogens is 2.